The first-order valence-electron chi connectivity index (χ1n) is 9.71. The normalized spacial score (nSPS) is 21.0. The monoisotopic (exact) mass is 408 g/mol. The maximum atomic E-state index is 13.1. The first kappa shape index (κ1) is 19.8. The van der Waals surface area contributed by atoms with Crippen LogP contribution in [-0.4, -0.2) is 24.7 Å². The standard InChI is InChI=1S/C23H21FN2O4/c1-30-17-8-2-13(3-9-17)14-10-19-22(20(27)11-14)18(12-21(28)26-19)23(29)25-16-6-4-15(24)5-7-16/h2-9,14,18H,10-12H2,1H3,(H,25,29)(H,26,28)/t14-,18-/m1/s1. The van der Waals surface area contributed by atoms with E-state index < -0.39 is 17.6 Å². The summed E-state index contributed by atoms with van der Waals surface area (Å²) in [7, 11) is 1.59. The van der Waals surface area contributed by atoms with Gasteiger partial charge in [0.2, 0.25) is 11.8 Å². The van der Waals surface area contributed by atoms with Crippen molar-refractivity contribution < 1.29 is 23.5 Å². The first-order valence-corrected chi connectivity index (χ1v) is 9.71. The van der Waals surface area contributed by atoms with Crippen molar-refractivity contribution in [2.24, 2.45) is 5.92 Å². The number of hydrogen-bond donors (Lipinski definition) is 2. The maximum absolute atomic E-state index is 13.1. The number of anilines is 1. The summed E-state index contributed by atoms with van der Waals surface area (Å²) in [5.41, 5.74) is 2.28. The molecule has 7 heteroatoms. The minimum atomic E-state index is -0.858. The average molecular weight is 408 g/mol. The molecule has 1 aliphatic heterocycles. The van der Waals surface area contributed by atoms with Crippen LogP contribution in [0.2, 0.25) is 0 Å². The SMILES string of the molecule is COc1ccc([C@H]2CC(=O)C3=C(C2)NC(=O)C[C@H]3C(=O)Nc2ccc(F)cc2)cc1. The molecular formula is C23H21FN2O4. The highest BCUT2D eigenvalue weighted by molar-refractivity contribution is 6.09. The zero-order valence-corrected chi connectivity index (χ0v) is 16.4. The van der Waals surface area contributed by atoms with E-state index in [1.165, 1.54) is 24.3 Å². The quantitative estimate of drug-likeness (QED) is 0.813. The molecule has 0 fully saturated rings. The van der Waals surface area contributed by atoms with Crippen molar-refractivity contribution in [1.29, 1.82) is 0 Å². The molecule has 0 radical (unpaired) electrons. The van der Waals surface area contributed by atoms with Crippen molar-refractivity contribution in [1.82, 2.24) is 5.32 Å². The smallest absolute Gasteiger partial charge is 0.232 e. The van der Waals surface area contributed by atoms with E-state index in [2.05, 4.69) is 10.6 Å². The zero-order valence-electron chi connectivity index (χ0n) is 16.4. The lowest BCUT2D eigenvalue weighted by Crippen LogP contribution is -2.43. The minimum Gasteiger partial charge on any atom is -0.497 e. The first-order chi connectivity index (χ1) is 14.4. The van der Waals surface area contributed by atoms with Crippen LogP contribution in [0.4, 0.5) is 10.1 Å². The summed E-state index contributed by atoms with van der Waals surface area (Å²) in [4.78, 5) is 38.1. The molecular weight excluding hydrogens is 387 g/mol. The molecule has 0 saturated carbocycles. The highest BCUT2D eigenvalue weighted by Gasteiger charge is 2.40. The second kappa shape index (κ2) is 8.10. The van der Waals surface area contributed by atoms with Gasteiger partial charge in [-0.1, -0.05) is 12.1 Å². The number of ether oxygens (including phenoxy) is 1. The summed E-state index contributed by atoms with van der Waals surface area (Å²) in [5, 5.41) is 5.48. The number of amides is 2. The van der Waals surface area contributed by atoms with Crippen LogP contribution < -0.4 is 15.4 Å². The minimum absolute atomic E-state index is 0.0821. The van der Waals surface area contributed by atoms with Gasteiger partial charge in [-0.05, 0) is 54.3 Å². The molecule has 30 heavy (non-hydrogen) atoms. The fraction of sp³-hybridized carbons (Fsp3) is 0.261. The number of halogens is 1. The lowest BCUT2D eigenvalue weighted by atomic mass is 9.75. The van der Waals surface area contributed by atoms with Gasteiger partial charge in [0.1, 0.15) is 11.6 Å². The number of nitrogens with one attached hydrogen (secondary N) is 2. The van der Waals surface area contributed by atoms with Crippen LogP contribution in [0.25, 0.3) is 0 Å². The van der Waals surface area contributed by atoms with Crippen molar-refractivity contribution in [3.05, 3.63) is 71.2 Å². The second-order valence-electron chi connectivity index (χ2n) is 7.49. The second-order valence-corrected chi connectivity index (χ2v) is 7.49. The fourth-order valence-corrected chi connectivity index (χ4v) is 4.06. The molecule has 1 aliphatic carbocycles. The van der Waals surface area contributed by atoms with E-state index in [-0.39, 0.29) is 30.4 Å². The van der Waals surface area contributed by atoms with E-state index in [1.807, 2.05) is 24.3 Å². The van der Waals surface area contributed by atoms with Crippen LogP contribution in [0, 0.1) is 11.7 Å². The van der Waals surface area contributed by atoms with E-state index in [1.54, 1.807) is 7.11 Å². The van der Waals surface area contributed by atoms with Crippen LogP contribution in [0.15, 0.2) is 59.8 Å². The molecule has 2 aromatic rings. The van der Waals surface area contributed by atoms with Crippen LogP contribution in [0.3, 0.4) is 0 Å². The Hall–Kier alpha value is -3.48. The van der Waals surface area contributed by atoms with Crippen LogP contribution in [-0.2, 0) is 14.4 Å². The van der Waals surface area contributed by atoms with Gasteiger partial charge in [0, 0.05) is 29.8 Å². The largest absolute Gasteiger partial charge is 0.497 e. The molecule has 4 rings (SSSR count). The molecule has 154 valence electrons. The predicted molar refractivity (Wildman–Crippen MR) is 108 cm³/mol. The van der Waals surface area contributed by atoms with Crippen molar-refractivity contribution in [3.63, 3.8) is 0 Å². The Morgan fingerprint density at radius 2 is 1.73 bits per heavy atom. The van der Waals surface area contributed by atoms with E-state index in [0.29, 0.717) is 23.4 Å². The Morgan fingerprint density at radius 3 is 2.40 bits per heavy atom. The summed E-state index contributed by atoms with van der Waals surface area (Å²) < 4.78 is 18.3. The molecule has 0 saturated heterocycles. The third-order valence-corrected chi connectivity index (χ3v) is 5.55. The molecule has 2 N–H and O–H groups in total. The Morgan fingerprint density at radius 1 is 1.03 bits per heavy atom. The summed E-state index contributed by atoms with van der Waals surface area (Å²) in [6, 6.07) is 12.8. The van der Waals surface area contributed by atoms with Gasteiger partial charge in [-0.25, -0.2) is 4.39 Å². The topological polar surface area (TPSA) is 84.5 Å². The van der Waals surface area contributed by atoms with Crippen molar-refractivity contribution in [2.75, 3.05) is 12.4 Å². The van der Waals surface area contributed by atoms with Gasteiger partial charge >= 0.3 is 0 Å². The van der Waals surface area contributed by atoms with Gasteiger partial charge in [-0.3, -0.25) is 14.4 Å². The lowest BCUT2D eigenvalue weighted by Gasteiger charge is -2.33. The summed E-state index contributed by atoms with van der Waals surface area (Å²) in [6.45, 7) is 0. The molecule has 0 unspecified atom stereocenters. The number of Topliss-reactive ketones (excluding diaryl/α,β-unsaturated/α-hetero) is 1. The Labute approximate surface area is 173 Å². The average Bonchev–Trinajstić information content (AvgIpc) is 2.74. The molecule has 0 bridgehead atoms. The highest BCUT2D eigenvalue weighted by Crippen LogP contribution is 2.39. The Balaban J connectivity index is 1.58. The number of methoxy groups -OCH3 is 1. The molecule has 6 nitrogen and oxygen atoms in total. The molecule has 2 aliphatic rings. The van der Waals surface area contributed by atoms with E-state index in [9.17, 15) is 18.8 Å². The zero-order chi connectivity index (χ0) is 21.3. The number of allylic oxidation sites excluding steroid dienone is 1. The number of carbonyl (C=O) groups excluding carboxylic acids is 3. The van der Waals surface area contributed by atoms with Crippen LogP contribution in [0.5, 0.6) is 5.75 Å². The van der Waals surface area contributed by atoms with Gasteiger partial charge in [0.05, 0.1) is 13.0 Å². The van der Waals surface area contributed by atoms with Gasteiger partial charge in [-0.15, -0.1) is 0 Å². The molecule has 2 atom stereocenters. The number of hydrogen-bond acceptors (Lipinski definition) is 4. The number of ketones is 1. The third kappa shape index (κ3) is 3.96. The van der Waals surface area contributed by atoms with E-state index >= 15 is 0 Å². The molecule has 2 aromatic carbocycles. The Bertz CT molecular complexity index is 1030. The molecule has 1 heterocycles. The van der Waals surface area contributed by atoms with E-state index in [0.717, 1.165) is 11.3 Å². The van der Waals surface area contributed by atoms with Crippen LogP contribution >= 0.6 is 0 Å². The maximum Gasteiger partial charge on any atom is 0.232 e. The number of benzene rings is 2. The van der Waals surface area contributed by atoms with Crippen molar-refractivity contribution >= 4 is 23.3 Å². The Kier molecular flexibility index (Phi) is 5.35. The van der Waals surface area contributed by atoms with Crippen molar-refractivity contribution in [3.8, 4) is 5.75 Å². The van der Waals surface area contributed by atoms with Gasteiger partial charge in [-0.2, -0.15) is 0 Å². The van der Waals surface area contributed by atoms with Gasteiger partial charge in [0.15, 0.2) is 5.78 Å². The van der Waals surface area contributed by atoms with Crippen molar-refractivity contribution in [2.45, 2.75) is 25.2 Å². The fourth-order valence-electron chi connectivity index (χ4n) is 4.06. The van der Waals surface area contributed by atoms with Gasteiger partial charge in [0.25, 0.3) is 0 Å². The van der Waals surface area contributed by atoms with E-state index in [4.69, 9.17) is 4.74 Å². The number of carbonyl (C=O) groups is 3. The number of rotatable bonds is 4. The predicted octanol–water partition coefficient (Wildman–Crippen LogP) is 3.31. The van der Waals surface area contributed by atoms with Crippen LogP contribution in [0.1, 0.15) is 30.7 Å². The molecule has 2 amide bonds. The third-order valence-electron chi connectivity index (χ3n) is 5.55. The molecule has 0 aromatic heterocycles. The lowest BCUT2D eigenvalue weighted by molar-refractivity contribution is -0.129. The summed E-state index contributed by atoms with van der Waals surface area (Å²) in [6.07, 6.45) is 0.644. The molecule has 0 spiro atoms. The highest BCUT2D eigenvalue weighted by atomic mass is 19.1. The van der Waals surface area contributed by atoms with Gasteiger partial charge < -0.3 is 15.4 Å². The summed E-state index contributed by atoms with van der Waals surface area (Å²) >= 11 is 0. The summed E-state index contributed by atoms with van der Waals surface area (Å²) in [5.74, 6) is -1.51.